The van der Waals surface area contributed by atoms with E-state index in [-0.39, 0.29) is 28.2 Å². The van der Waals surface area contributed by atoms with Gasteiger partial charge in [0.25, 0.3) is 11.6 Å². The van der Waals surface area contributed by atoms with Crippen LogP contribution in [0.15, 0.2) is 60.7 Å². The number of allylic oxidation sites excluding steroid dienone is 2. The number of fused-ring (bicyclic) bond motifs is 2. The first-order chi connectivity index (χ1) is 14.4. The van der Waals surface area contributed by atoms with Gasteiger partial charge in [-0.05, 0) is 36.8 Å². The molecule has 0 heterocycles. The number of amides is 1. The molecule has 2 aliphatic rings. The second-order valence-electron chi connectivity index (χ2n) is 7.53. The maximum absolute atomic E-state index is 13.0. The third-order valence-corrected chi connectivity index (χ3v) is 5.89. The lowest BCUT2D eigenvalue weighted by molar-refractivity contribution is -0.384. The molecule has 0 saturated heterocycles. The number of ether oxygens (including phenoxy) is 1. The summed E-state index contributed by atoms with van der Waals surface area (Å²) in [6.07, 6.45) is 4.67. The van der Waals surface area contributed by atoms with E-state index in [1.165, 1.54) is 18.2 Å². The van der Waals surface area contributed by atoms with E-state index < -0.39 is 22.9 Å². The average Bonchev–Trinajstić information content (AvgIpc) is 3.37. The largest absolute Gasteiger partial charge is 0.447 e. The Morgan fingerprint density at radius 2 is 1.90 bits per heavy atom. The van der Waals surface area contributed by atoms with Crippen molar-refractivity contribution in [1.29, 1.82) is 0 Å². The molecule has 0 aliphatic heterocycles. The Kier molecular flexibility index (Phi) is 5.55. The fourth-order valence-corrected chi connectivity index (χ4v) is 4.28. The van der Waals surface area contributed by atoms with Crippen molar-refractivity contribution in [2.45, 2.75) is 18.9 Å². The first kappa shape index (κ1) is 20.1. The number of esters is 1. The van der Waals surface area contributed by atoms with Crippen LogP contribution in [-0.2, 0) is 14.3 Å². The number of hydrogen-bond acceptors (Lipinski definition) is 5. The molecule has 2 aromatic rings. The molecule has 154 valence electrons. The highest BCUT2D eigenvalue weighted by Crippen LogP contribution is 2.44. The fourth-order valence-electron chi connectivity index (χ4n) is 4.09. The van der Waals surface area contributed by atoms with Gasteiger partial charge in [-0.25, -0.2) is 0 Å². The van der Waals surface area contributed by atoms with Gasteiger partial charge in [0.05, 0.1) is 10.8 Å². The zero-order valence-corrected chi connectivity index (χ0v) is 16.6. The number of halogens is 1. The fraction of sp³-hybridized carbons (Fsp3) is 0.273. The molecular weight excluding hydrogens is 408 g/mol. The number of benzene rings is 2. The molecule has 1 saturated carbocycles. The number of hydrogen-bond donors (Lipinski definition) is 1. The van der Waals surface area contributed by atoms with Gasteiger partial charge < -0.3 is 10.1 Å². The molecule has 30 heavy (non-hydrogen) atoms. The quantitative estimate of drug-likeness (QED) is 0.313. The highest BCUT2D eigenvalue weighted by Gasteiger charge is 2.42. The Labute approximate surface area is 177 Å². The van der Waals surface area contributed by atoms with Crippen molar-refractivity contribution in [3.8, 4) is 0 Å². The van der Waals surface area contributed by atoms with Gasteiger partial charge in [-0.3, -0.25) is 19.7 Å². The number of rotatable bonds is 6. The summed E-state index contributed by atoms with van der Waals surface area (Å²) in [4.78, 5) is 36.3. The first-order valence-corrected chi connectivity index (χ1v) is 9.98. The Bertz CT molecular complexity index is 1020. The molecule has 8 heteroatoms. The third kappa shape index (κ3) is 4.07. The summed E-state index contributed by atoms with van der Waals surface area (Å²) in [6.45, 7) is 0. The van der Waals surface area contributed by atoms with Crippen LogP contribution < -0.4 is 5.32 Å². The lowest BCUT2D eigenvalue weighted by Gasteiger charge is -2.22. The van der Waals surface area contributed by atoms with Crippen LogP contribution in [0.25, 0.3) is 0 Å². The Hall–Kier alpha value is -3.19. The molecule has 7 nitrogen and oxygen atoms in total. The van der Waals surface area contributed by atoms with Gasteiger partial charge in [0.15, 0.2) is 0 Å². The highest BCUT2D eigenvalue weighted by molar-refractivity contribution is 6.32. The second-order valence-corrected chi connectivity index (χ2v) is 7.93. The monoisotopic (exact) mass is 426 g/mol. The number of nitrogens with one attached hydrogen (secondary N) is 1. The van der Waals surface area contributed by atoms with Crippen LogP contribution in [0, 0.1) is 27.9 Å². The van der Waals surface area contributed by atoms with E-state index in [9.17, 15) is 19.7 Å². The first-order valence-electron chi connectivity index (χ1n) is 9.61. The van der Waals surface area contributed by atoms with E-state index in [0.717, 1.165) is 12.8 Å². The molecule has 2 aromatic carbocycles. The van der Waals surface area contributed by atoms with Gasteiger partial charge in [-0.1, -0.05) is 54.1 Å². The summed E-state index contributed by atoms with van der Waals surface area (Å²) in [5.74, 6) is -0.703. The van der Waals surface area contributed by atoms with Crippen LogP contribution in [0.1, 0.15) is 24.5 Å². The second kappa shape index (κ2) is 8.28. The van der Waals surface area contributed by atoms with Crippen LogP contribution in [0.3, 0.4) is 0 Å². The summed E-state index contributed by atoms with van der Waals surface area (Å²) in [7, 11) is 0. The molecule has 1 amide bonds. The zero-order chi connectivity index (χ0) is 21.3. The summed E-state index contributed by atoms with van der Waals surface area (Å²) in [6, 6.07) is 12.6. The maximum Gasteiger partial charge on any atom is 0.310 e. The lowest BCUT2D eigenvalue weighted by Crippen LogP contribution is -2.30. The predicted molar refractivity (Wildman–Crippen MR) is 111 cm³/mol. The topological polar surface area (TPSA) is 98.5 Å². The van der Waals surface area contributed by atoms with Crippen molar-refractivity contribution >= 4 is 34.9 Å². The minimum atomic E-state index is -1.17. The maximum atomic E-state index is 13.0. The smallest absolute Gasteiger partial charge is 0.310 e. The lowest BCUT2D eigenvalue weighted by atomic mass is 9.93. The van der Waals surface area contributed by atoms with Crippen LogP contribution in [0.4, 0.5) is 11.4 Å². The van der Waals surface area contributed by atoms with E-state index in [4.69, 9.17) is 16.3 Å². The van der Waals surface area contributed by atoms with Gasteiger partial charge in [0.2, 0.25) is 6.10 Å². The van der Waals surface area contributed by atoms with Crippen LogP contribution >= 0.6 is 11.6 Å². The summed E-state index contributed by atoms with van der Waals surface area (Å²) in [5, 5.41) is 13.7. The molecule has 2 bridgehead atoms. The summed E-state index contributed by atoms with van der Waals surface area (Å²) in [5.41, 5.74) is 0.387. The minimum absolute atomic E-state index is 0.0339. The number of nitro benzene ring substituents is 1. The summed E-state index contributed by atoms with van der Waals surface area (Å²) < 4.78 is 5.66. The van der Waals surface area contributed by atoms with Crippen molar-refractivity contribution in [1.82, 2.24) is 0 Å². The van der Waals surface area contributed by atoms with Crippen molar-refractivity contribution < 1.29 is 19.2 Å². The molecule has 4 rings (SSSR count). The van der Waals surface area contributed by atoms with Crippen molar-refractivity contribution in [3.63, 3.8) is 0 Å². The van der Waals surface area contributed by atoms with E-state index in [2.05, 4.69) is 11.4 Å². The van der Waals surface area contributed by atoms with Gasteiger partial charge in [-0.2, -0.15) is 0 Å². The Balaban J connectivity index is 1.55. The average molecular weight is 427 g/mol. The molecule has 0 spiro atoms. The predicted octanol–water partition coefficient (Wildman–Crippen LogP) is 4.68. The number of carbonyl (C=O) groups is 2. The Morgan fingerprint density at radius 1 is 1.13 bits per heavy atom. The number of anilines is 1. The number of nitrogens with zero attached hydrogens (tertiary/aromatic N) is 1. The Morgan fingerprint density at radius 3 is 2.53 bits per heavy atom. The number of carbonyl (C=O) groups excluding carboxylic acids is 2. The van der Waals surface area contributed by atoms with Gasteiger partial charge in [0, 0.05) is 17.3 Å². The summed E-state index contributed by atoms with van der Waals surface area (Å²) >= 11 is 5.83. The van der Waals surface area contributed by atoms with E-state index in [1.807, 2.05) is 6.08 Å². The molecular formula is C22H19ClN2O5. The zero-order valence-electron chi connectivity index (χ0n) is 15.9. The minimum Gasteiger partial charge on any atom is -0.447 e. The normalized spacial score (nSPS) is 22.5. The molecule has 4 unspecified atom stereocenters. The highest BCUT2D eigenvalue weighted by atomic mass is 35.5. The van der Waals surface area contributed by atoms with E-state index in [1.54, 1.807) is 30.3 Å². The van der Waals surface area contributed by atoms with Crippen LogP contribution in [-0.4, -0.2) is 16.8 Å². The molecule has 2 aliphatic carbocycles. The molecule has 1 fully saturated rings. The SMILES string of the molecule is O=C(Nc1ccc(Cl)c([N+](=O)[O-])c1)C(OC(=O)C1CC2C=CC1C2)c1ccccc1. The van der Waals surface area contributed by atoms with Crippen molar-refractivity contribution in [3.05, 3.63) is 81.4 Å². The van der Waals surface area contributed by atoms with E-state index in [0.29, 0.717) is 11.5 Å². The number of nitro groups is 1. The van der Waals surface area contributed by atoms with Crippen LogP contribution in [0.2, 0.25) is 5.02 Å². The molecule has 0 aromatic heterocycles. The van der Waals surface area contributed by atoms with Crippen LogP contribution in [0.5, 0.6) is 0 Å². The van der Waals surface area contributed by atoms with E-state index >= 15 is 0 Å². The molecule has 0 radical (unpaired) electrons. The van der Waals surface area contributed by atoms with Crippen molar-refractivity contribution in [2.24, 2.45) is 17.8 Å². The van der Waals surface area contributed by atoms with Gasteiger partial charge >= 0.3 is 5.97 Å². The third-order valence-electron chi connectivity index (χ3n) is 5.57. The molecule has 1 N–H and O–H groups in total. The standard InChI is InChI=1S/C22H19ClN2O5/c23-18-9-8-16(12-19(18)25(28)29)24-21(26)20(14-4-2-1-3-5-14)30-22(27)17-11-13-6-7-15(17)10-13/h1-9,12-13,15,17,20H,10-11H2,(H,24,26). The molecule has 4 atom stereocenters. The van der Waals surface area contributed by atoms with Crippen molar-refractivity contribution in [2.75, 3.05) is 5.32 Å². The van der Waals surface area contributed by atoms with Gasteiger partial charge in [-0.15, -0.1) is 0 Å². The van der Waals surface area contributed by atoms with Gasteiger partial charge in [0.1, 0.15) is 5.02 Å².